The summed E-state index contributed by atoms with van der Waals surface area (Å²) in [7, 11) is 3.32. The van der Waals surface area contributed by atoms with Gasteiger partial charge in [-0.3, -0.25) is 4.79 Å². The molecule has 0 unspecified atom stereocenters. The van der Waals surface area contributed by atoms with Gasteiger partial charge in [-0.05, 0) is 24.6 Å². The quantitative estimate of drug-likeness (QED) is 0.799. The number of hydrogen-bond acceptors (Lipinski definition) is 3. The van der Waals surface area contributed by atoms with Crippen molar-refractivity contribution >= 4 is 11.9 Å². The van der Waals surface area contributed by atoms with Gasteiger partial charge in [-0.1, -0.05) is 0 Å². The third-order valence-electron chi connectivity index (χ3n) is 2.47. The summed E-state index contributed by atoms with van der Waals surface area (Å²) in [5, 5.41) is 8.68. The lowest BCUT2D eigenvalue weighted by Gasteiger charge is -2.11. The zero-order valence-electron chi connectivity index (χ0n) is 10.9. The van der Waals surface area contributed by atoms with Crippen molar-refractivity contribution in [2.24, 2.45) is 0 Å². The molecule has 19 heavy (non-hydrogen) atoms. The molecule has 1 aromatic rings. The standard InChI is InChI=1S/C13H16FNO4/c1-15(2)12(16)4-3-7-19-11-6-5-9(13(17)18)8-10(11)14/h5-6,8H,3-4,7H2,1-2H3,(H,17,18). The van der Waals surface area contributed by atoms with Crippen molar-refractivity contribution in [2.75, 3.05) is 20.7 Å². The maximum atomic E-state index is 13.5. The van der Waals surface area contributed by atoms with Crippen LogP contribution >= 0.6 is 0 Å². The van der Waals surface area contributed by atoms with Gasteiger partial charge < -0.3 is 14.7 Å². The molecule has 1 aromatic carbocycles. The summed E-state index contributed by atoms with van der Waals surface area (Å²) >= 11 is 0. The molecule has 0 fully saturated rings. The van der Waals surface area contributed by atoms with Crippen LogP contribution < -0.4 is 4.74 Å². The number of hydrogen-bond donors (Lipinski definition) is 1. The number of amides is 1. The Morgan fingerprint density at radius 3 is 2.58 bits per heavy atom. The van der Waals surface area contributed by atoms with Gasteiger partial charge in [-0.25, -0.2) is 9.18 Å². The predicted molar refractivity (Wildman–Crippen MR) is 66.8 cm³/mol. The largest absolute Gasteiger partial charge is 0.491 e. The fraction of sp³-hybridized carbons (Fsp3) is 0.385. The zero-order chi connectivity index (χ0) is 14.4. The molecule has 0 saturated carbocycles. The first kappa shape index (κ1) is 14.9. The smallest absolute Gasteiger partial charge is 0.335 e. The number of aromatic carboxylic acids is 1. The van der Waals surface area contributed by atoms with Gasteiger partial charge in [0.05, 0.1) is 12.2 Å². The maximum absolute atomic E-state index is 13.5. The highest BCUT2D eigenvalue weighted by Crippen LogP contribution is 2.18. The molecule has 0 bridgehead atoms. The Labute approximate surface area is 110 Å². The van der Waals surface area contributed by atoms with Gasteiger partial charge in [0.25, 0.3) is 0 Å². The van der Waals surface area contributed by atoms with Gasteiger partial charge in [0.2, 0.25) is 5.91 Å². The third kappa shape index (κ3) is 4.57. The molecule has 0 radical (unpaired) electrons. The van der Waals surface area contributed by atoms with E-state index in [1.54, 1.807) is 14.1 Å². The van der Waals surface area contributed by atoms with Gasteiger partial charge in [0.1, 0.15) is 0 Å². The van der Waals surface area contributed by atoms with Crippen molar-refractivity contribution in [3.8, 4) is 5.75 Å². The highest BCUT2D eigenvalue weighted by Gasteiger charge is 2.09. The Kier molecular flexibility index (Phi) is 5.29. The lowest BCUT2D eigenvalue weighted by atomic mass is 10.2. The second-order valence-electron chi connectivity index (χ2n) is 4.19. The number of nitrogens with zero attached hydrogens (tertiary/aromatic N) is 1. The van der Waals surface area contributed by atoms with Gasteiger partial charge >= 0.3 is 5.97 Å². The van der Waals surface area contributed by atoms with Crippen LogP contribution in [0.3, 0.4) is 0 Å². The summed E-state index contributed by atoms with van der Waals surface area (Å²) in [5.41, 5.74) is -0.132. The molecule has 0 aliphatic carbocycles. The zero-order valence-corrected chi connectivity index (χ0v) is 10.9. The van der Waals surface area contributed by atoms with E-state index in [1.165, 1.54) is 17.0 Å². The second kappa shape index (κ2) is 6.72. The number of carboxylic acids is 1. The number of carbonyl (C=O) groups is 2. The van der Waals surface area contributed by atoms with E-state index in [-0.39, 0.29) is 23.8 Å². The Bertz CT molecular complexity index is 474. The van der Waals surface area contributed by atoms with Gasteiger partial charge in [0, 0.05) is 20.5 Å². The molecule has 0 aliphatic heterocycles. The van der Waals surface area contributed by atoms with Crippen molar-refractivity contribution in [3.63, 3.8) is 0 Å². The molecule has 0 aliphatic rings. The van der Waals surface area contributed by atoms with Crippen LogP contribution in [-0.2, 0) is 4.79 Å². The van der Waals surface area contributed by atoms with Gasteiger partial charge in [-0.2, -0.15) is 0 Å². The third-order valence-corrected chi connectivity index (χ3v) is 2.47. The van der Waals surface area contributed by atoms with E-state index in [0.717, 1.165) is 6.07 Å². The molecule has 0 spiro atoms. The summed E-state index contributed by atoms with van der Waals surface area (Å²) in [5.74, 6) is -1.95. The van der Waals surface area contributed by atoms with Crippen LogP contribution in [0.5, 0.6) is 5.75 Å². The molecule has 1 N–H and O–H groups in total. The van der Waals surface area contributed by atoms with Crippen LogP contribution in [0.15, 0.2) is 18.2 Å². The highest BCUT2D eigenvalue weighted by molar-refractivity contribution is 5.87. The summed E-state index contributed by atoms with van der Waals surface area (Å²) in [6, 6.07) is 3.45. The number of carbonyl (C=O) groups excluding carboxylic acids is 1. The first-order chi connectivity index (χ1) is 8.91. The second-order valence-corrected chi connectivity index (χ2v) is 4.19. The van der Waals surface area contributed by atoms with Crippen LogP contribution in [0.4, 0.5) is 4.39 Å². The maximum Gasteiger partial charge on any atom is 0.335 e. The molecular formula is C13H16FNO4. The number of benzene rings is 1. The highest BCUT2D eigenvalue weighted by atomic mass is 19.1. The summed E-state index contributed by atoms with van der Waals surface area (Å²) < 4.78 is 18.6. The Hall–Kier alpha value is -2.11. The van der Waals surface area contributed by atoms with Crippen LogP contribution in [0.25, 0.3) is 0 Å². The summed E-state index contributed by atoms with van der Waals surface area (Å²) in [4.78, 5) is 23.4. The number of rotatable bonds is 6. The fourth-order valence-corrected chi connectivity index (χ4v) is 1.38. The van der Waals surface area contributed by atoms with E-state index in [0.29, 0.717) is 12.8 Å². The van der Waals surface area contributed by atoms with Crippen molar-refractivity contribution in [2.45, 2.75) is 12.8 Å². The summed E-state index contributed by atoms with van der Waals surface area (Å²) in [6.45, 7) is 0.197. The lowest BCUT2D eigenvalue weighted by molar-refractivity contribution is -0.128. The lowest BCUT2D eigenvalue weighted by Crippen LogP contribution is -2.21. The normalized spacial score (nSPS) is 10.1. The SMILES string of the molecule is CN(C)C(=O)CCCOc1ccc(C(=O)O)cc1F. The van der Waals surface area contributed by atoms with E-state index in [2.05, 4.69) is 0 Å². The van der Waals surface area contributed by atoms with E-state index in [4.69, 9.17) is 9.84 Å². The molecule has 6 heteroatoms. The fourth-order valence-electron chi connectivity index (χ4n) is 1.38. The topological polar surface area (TPSA) is 66.8 Å². The summed E-state index contributed by atoms with van der Waals surface area (Å²) in [6.07, 6.45) is 0.791. The molecule has 0 saturated heterocycles. The van der Waals surface area contributed by atoms with Crippen LogP contribution in [0, 0.1) is 5.82 Å². The van der Waals surface area contributed by atoms with E-state index < -0.39 is 11.8 Å². The Balaban J connectivity index is 2.46. The molecule has 5 nitrogen and oxygen atoms in total. The minimum absolute atomic E-state index is 0.0118. The molecule has 104 valence electrons. The van der Waals surface area contributed by atoms with E-state index >= 15 is 0 Å². The van der Waals surface area contributed by atoms with Crippen molar-refractivity contribution in [1.82, 2.24) is 4.90 Å². The van der Waals surface area contributed by atoms with Crippen LogP contribution in [0.2, 0.25) is 0 Å². The number of carboxylic acid groups (broad SMARTS) is 1. The Morgan fingerprint density at radius 2 is 2.05 bits per heavy atom. The molecule has 1 rings (SSSR count). The molecule has 0 aromatic heterocycles. The predicted octanol–water partition coefficient (Wildman–Crippen LogP) is 1.77. The first-order valence-corrected chi connectivity index (χ1v) is 5.77. The minimum Gasteiger partial charge on any atom is -0.491 e. The van der Waals surface area contributed by atoms with E-state index in [9.17, 15) is 14.0 Å². The van der Waals surface area contributed by atoms with Crippen LogP contribution in [-0.4, -0.2) is 42.6 Å². The monoisotopic (exact) mass is 269 g/mol. The number of halogens is 1. The average Bonchev–Trinajstić information content (AvgIpc) is 2.35. The molecule has 0 heterocycles. The first-order valence-electron chi connectivity index (χ1n) is 5.77. The van der Waals surface area contributed by atoms with Gasteiger partial charge in [-0.15, -0.1) is 0 Å². The molecule has 0 atom stereocenters. The van der Waals surface area contributed by atoms with Gasteiger partial charge in [0.15, 0.2) is 11.6 Å². The van der Waals surface area contributed by atoms with Crippen molar-refractivity contribution < 1.29 is 23.8 Å². The number of ether oxygens (including phenoxy) is 1. The molecule has 1 amide bonds. The Morgan fingerprint density at radius 1 is 1.37 bits per heavy atom. The average molecular weight is 269 g/mol. The van der Waals surface area contributed by atoms with Crippen LogP contribution in [0.1, 0.15) is 23.2 Å². The van der Waals surface area contributed by atoms with Crippen molar-refractivity contribution in [3.05, 3.63) is 29.6 Å². The molecular weight excluding hydrogens is 253 g/mol. The van der Waals surface area contributed by atoms with Crippen molar-refractivity contribution in [1.29, 1.82) is 0 Å². The minimum atomic E-state index is -1.19. The van der Waals surface area contributed by atoms with E-state index in [1.807, 2.05) is 0 Å².